The molecule has 0 unspecified atom stereocenters. The quantitative estimate of drug-likeness (QED) is 0.129. The second-order valence-corrected chi connectivity index (χ2v) is 7.17. The van der Waals surface area contributed by atoms with Crippen LogP contribution in [0.3, 0.4) is 0 Å². The maximum atomic E-state index is 11.3. The number of hydrogen-bond donors (Lipinski definition) is 1. The molecule has 0 aliphatic carbocycles. The van der Waals surface area contributed by atoms with Crippen LogP contribution in [0, 0.1) is 3.57 Å². The number of para-hydroxylation sites is 1. The number of hydrogen-bond acceptors (Lipinski definition) is 5. The van der Waals surface area contributed by atoms with E-state index in [1.807, 2.05) is 53.4 Å². The number of nitrogens with zero attached hydrogens (tertiary/aromatic N) is 1. The first kappa shape index (κ1) is 34.0. The molecule has 4 rings (SSSR count). The van der Waals surface area contributed by atoms with Gasteiger partial charge in [0.25, 0.3) is 6.47 Å². The second-order valence-electron chi connectivity index (χ2n) is 5.93. The first-order valence-electron chi connectivity index (χ1n) is 9.13. The van der Waals surface area contributed by atoms with E-state index in [1.165, 1.54) is 3.57 Å². The van der Waals surface area contributed by atoms with Crippen molar-refractivity contribution in [3.05, 3.63) is 64.2 Å². The molecule has 2 aromatic carbocycles. The maximum absolute atomic E-state index is 11.3. The summed E-state index contributed by atoms with van der Waals surface area (Å²) in [6, 6.07) is 20.0. The van der Waals surface area contributed by atoms with E-state index < -0.39 is 0 Å². The number of amides is 2. The van der Waals surface area contributed by atoms with Gasteiger partial charge in [-0.25, -0.2) is 0 Å². The van der Waals surface area contributed by atoms with Crippen LogP contribution in [-0.2, 0) is 19.3 Å². The topological polar surface area (TPSA) is 98.8 Å². The summed E-state index contributed by atoms with van der Waals surface area (Å²) in [5.74, 6) is 0.455. The SMILES string of the molecule is Ic1ccccc1.O=C1CCCN1.O=C1CCCN1c1ccccc1.O=CO[O-].[H-].[K+].[K+]. The van der Waals surface area contributed by atoms with E-state index in [-0.39, 0.29) is 122 Å². The van der Waals surface area contributed by atoms with Crippen molar-refractivity contribution >= 4 is 46.6 Å². The van der Waals surface area contributed by atoms with Crippen LogP contribution in [0.15, 0.2) is 60.7 Å². The fourth-order valence-electron chi connectivity index (χ4n) is 2.51. The molecule has 2 aromatic rings. The van der Waals surface area contributed by atoms with Crippen LogP contribution in [0.25, 0.3) is 0 Å². The van der Waals surface area contributed by atoms with Crippen LogP contribution in [0.2, 0.25) is 0 Å². The van der Waals surface area contributed by atoms with Crippen LogP contribution < -0.4 is 118 Å². The van der Waals surface area contributed by atoms with Gasteiger partial charge in [0.15, 0.2) is 0 Å². The van der Waals surface area contributed by atoms with Gasteiger partial charge in [0.2, 0.25) is 11.8 Å². The summed E-state index contributed by atoms with van der Waals surface area (Å²) in [5, 5.41) is 11.1. The van der Waals surface area contributed by atoms with Crippen molar-refractivity contribution in [1.82, 2.24) is 5.32 Å². The Balaban J connectivity index is -0.000000368. The third-order valence-electron chi connectivity index (χ3n) is 3.82. The van der Waals surface area contributed by atoms with Crippen molar-refractivity contribution in [2.75, 3.05) is 18.0 Å². The molecule has 0 aromatic heterocycles. The normalized spacial score (nSPS) is 13.3. The van der Waals surface area contributed by atoms with Gasteiger partial charge in [-0.2, -0.15) is 0 Å². The Kier molecular flexibility index (Phi) is 24.8. The number of rotatable bonds is 2. The Labute approximate surface area is 283 Å². The molecular formula is C21H25IK2N2O5. The summed E-state index contributed by atoms with van der Waals surface area (Å²) >= 11 is 2.28. The minimum atomic E-state index is -0.181. The van der Waals surface area contributed by atoms with Crippen LogP contribution in [0.1, 0.15) is 27.1 Å². The molecule has 2 heterocycles. The van der Waals surface area contributed by atoms with Crippen molar-refractivity contribution in [3.63, 3.8) is 0 Å². The molecule has 2 aliphatic heterocycles. The van der Waals surface area contributed by atoms with Crippen molar-refractivity contribution in [1.29, 1.82) is 0 Å². The Morgan fingerprint density at radius 2 is 1.52 bits per heavy atom. The molecule has 2 amide bonds. The largest absolute Gasteiger partial charge is 1.00 e. The maximum Gasteiger partial charge on any atom is 1.00 e. The predicted octanol–water partition coefficient (Wildman–Crippen LogP) is -3.44. The van der Waals surface area contributed by atoms with Gasteiger partial charge in [0.1, 0.15) is 0 Å². The number of nitrogens with one attached hydrogen (secondary N) is 1. The molecule has 0 bridgehead atoms. The Morgan fingerprint density at radius 3 is 1.81 bits per heavy atom. The molecule has 158 valence electrons. The zero-order valence-electron chi connectivity index (χ0n) is 19.0. The Bertz CT molecular complexity index is 737. The number of carbonyl (C=O) groups is 3. The van der Waals surface area contributed by atoms with E-state index in [1.54, 1.807) is 0 Å². The average molecular weight is 591 g/mol. The van der Waals surface area contributed by atoms with Gasteiger partial charge >= 0.3 is 103 Å². The summed E-state index contributed by atoms with van der Waals surface area (Å²) in [4.78, 5) is 34.5. The fraction of sp³-hybridized carbons (Fsp3) is 0.286. The van der Waals surface area contributed by atoms with E-state index in [9.17, 15) is 9.59 Å². The summed E-state index contributed by atoms with van der Waals surface area (Å²) in [6.45, 7) is 1.58. The van der Waals surface area contributed by atoms with Gasteiger partial charge in [-0.15, -0.1) is 0 Å². The summed E-state index contributed by atoms with van der Waals surface area (Å²) < 4.78 is 1.29. The molecule has 2 fully saturated rings. The van der Waals surface area contributed by atoms with E-state index in [4.69, 9.17) is 10.1 Å². The van der Waals surface area contributed by atoms with Crippen molar-refractivity contribution < 1.29 is 129 Å². The molecule has 2 aliphatic rings. The second kappa shape index (κ2) is 22.6. The molecule has 1 N–H and O–H groups in total. The first-order valence-corrected chi connectivity index (χ1v) is 10.2. The van der Waals surface area contributed by atoms with Crippen LogP contribution >= 0.6 is 22.6 Å². The van der Waals surface area contributed by atoms with Gasteiger partial charge in [-0.05, 0) is 59.7 Å². The molecular weight excluding hydrogens is 565 g/mol. The minimum absolute atomic E-state index is 0. The number of carbonyl (C=O) groups excluding carboxylic acids is 3. The van der Waals surface area contributed by atoms with Crippen molar-refractivity contribution in [2.24, 2.45) is 0 Å². The molecule has 31 heavy (non-hydrogen) atoms. The summed E-state index contributed by atoms with van der Waals surface area (Å²) in [7, 11) is 0. The molecule has 2 saturated heterocycles. The van der Waals surface area contributed by atoms with Gasteiger partial charge in [0.05, 0.1) is 0 Å². The van der Waals surface area contributed by atoms with Gasteiger partial charge in [-0.3, -0.25) is 14.4 Å². The van der Waals surface area contributed by atoms with Gasteiger partial charge < -0.3 is 21.8 Å². The minimum Gasteiger partial charge on any atom is -1.00 e. The zero-order chi connectivity index (χ0) is 21.3. The average Bonchev–Trinajstić information content (AvgIpc) is 3.41. The van der Waals surface area contributed by atoms with Crippen molar-refractivity contribution in [3.8, 4) is 0 Å². The third kappa shape index (κ3) is 17.0. The zero-order valence-corrected chi connectivity index (χ0v) is 26.4. The standard InChI is InChI=1S/C10H11NO.C6H5I.C4H7NO.CH2O3.2K.H/c12-10-7-4-8-11(10)9-5-2-1-3-6-9;7-6-4-2-1-3-5-6;6-4-2-1-3-5-4;2-1-4-3;;;/h1-3,5-6H,4,7-8H2;1-5H;1-3H2,(H,5,6);1,3H;;;/q;;;;2*+1;-1/p-1. The van der Waals surface area contributed by atoms with E-state index in [0.717, 1.165) is 38.0 Å². The Hall–Kier alpha value is 0.813. The van der Waals surface area contributed by atoms with E-state index >= 15 is 0 Å². The number of benzene rings is 2. The smallest absolute Gasteiger partial charge is 1.00 e. The van der Waals surface area contributed by atoms with E-state index in [2.05, 4.69) is 44.9 Å². The monoisotopic (exact) mass is 590 g/mol. The van der Waals surface area contributed by atoms with Crippen LogP contribution in [-0.4, -0.2) is 31.4 Å². The molecule has 10 heteroatoms. The van der Waals surface area contributed by atoms with Crippen LogP contribution in [0.4, 0.5) is 5.69 Å². The predicted molar refractivity (Wildman–Crippen MR) is 118 cm³/mol. The van der Waals surface area contributed by atoms with E-state index in [0.29, 0.717) is 6.42 Å². The number of halogens is 1. The van der Waals surface area contributed by atoms with Gasteiger partial charge in [0, 0.05) is 35.2 Å². The van der Waals surface area contributed by atoms with Crippen LogP contribution in [0.5, 0.6) is 0 Å². The Morgan fingerprint density at radius 1 is 0.968 bits per heavy atom. The molecule has 0 spiro atoms. The molecule has 0 saturated carbocycles. The molecule has 0 atom stereocenters. The first-order chi connectivity index (χ1) is 14.1. The van der Waals surface area contributed by atoms with Crippen molar-refractivity contribution in [2.45, 2.75) is 25.7 Å². The van der Waals surface area contributed by atoms with Gasteiger partial charge in [-0.1, -0.05) is 36.4 Å². The summed E-state index contributed by atoms with van der Waals surface area (Å²) in [6.07, 6.45) is 3.46. The summed E-state index contributed by atoms with van der Waals surface area (Å²) in [5.41, 5.74) is 1.03. The third-order valence-corrected chi connectivity index (χ3v) is 4.54. The molecule has 7 nitrogen and oxygen atoms in total. The number of anilines is 1. The fourth-order valence-corrected chi connectivity index (χ4v) is 2.92. The molecule has 0 radical (unpaired) electrons.